The van der Waals surface area contributed by atoms with Gasteiger partial charge in [-0.1, -0.05) is 15.9 Å². The zero-order chi connectivity index (χ0) is 14.4. The average Bonchev–Trinajstić information content (AvgIpc) is 2.64. The van der Waals surface area contributed by atoms with Crippen molar-refractivity contribution in [3.8, 4) is 0 Å². The van der Waals surface area contributed by atoms with Gasteiger partial charge in [-0.25, -0.2) is 0 Å². The van der Waals surface area contributed by atoms with Crippen molar-refractivity contribution < 1.29 is 9.90 Å². The van der Waals surface area contributed by atoms with Crippen LogP contribution in [-0.4, -0.2) is 40.3 Å². The van der Waals surface area contributed by atoms with E-state index >= 15 is 0 Å². The van der Waals surface area contributed by atoms with Crippen molar-refractivity contribution in [2.24, 2.45) is 0 Å². The molecule has 1 aromatic carbocycles. The third-order valence-corrected chi connectivity index (χ3v) is 4.77. The molecule has 2 fully saturated rings. The van der Waals surface area contributed by atoms with Crippen molar-refractivity contribution in [1.82, 2.24) is 10.0 Å². The van der Waals surface area contributed by atoms with E-state index in [0.29, 0.717) is 0 Å². The number of aliphatic hydroxyl groups excluding tert-OH is 1. The molecule has 0 aromatic heterocycles. The van der Waals surface area contributed by atoms with Crippen LogP contribution >= 0.6 is 15.9 Å². The minimum absolute atomic E-state index is 0.0331. The van der Waals surface area contributed by atoms with Crippen molar-refractivity contribution in [3.63, 3.8) is 0 Å². The van der Waals surface area contributed by atoms with Gasteiger partial charge in [-0.05, 0) is 55.5 Å². The zero-order valence-corrected chi connectivity index (χ0v) is 13.4. The summed E-state index contributed by atoms with van der Waals surface area (Å²) in [5.41, 5.74) is 3.07. The fourth-order valence-corrected chi connectivity index (χ4v) is 4.13. The molecule has 1 aromatic rings. The van der Waals surface area contributed by atoms with Crippen LogP contribution in [0.4, 0.5) is 0 Å². The van der Waals surface area contributed by atoms with Crippen molar-refractivity contribution in [2.45, 2.75) is 38.8 Å². The summed E-state index contributed by atoms with van der Waals surface area (Å²) in [6.45, 7) is 5.48. The van der Waals surface area contributed by atoms with E-state index in [-0.39, 0.29) is 5.91 Å². The first-order chi connectivity index (χ1) is 9.50. The first-order valence-electron chi connectivity index (χ1n) is 7.03. The molecule has 2 aliphatic heterocycles. The Hall–Kier alpha value is -0.910. The second kappa shape index (κ2) is 5.13. The van der Waals surface area contributed by atoms with Gasteiger partial charge < -0.3 is 5.11 Å². The third-order valence-electron chi connectivity index (χ3n) is 4.31. The predicted molar refractivity (Wildman–Crippen MR) is 80.0 cm³/mol. The summed E-state index contributed by atoms with van der Waals surface area (Å²) in [4.78, 5) is 12.7. The van der Waals surface area contributed by atoms with Gasteiger partial charge >= 0.3 is 0 Å². The number of benzene rings is 1. The minimum Gasteiger partial charge on any atom is -0.375 e. The molecule has 0 aliphatic carbocycles. The highest BCUT2D eigenvalue weighted by molar-refractivity contribution is 9.10. The molecular weight excluding hydrogens is 320 g/mol. The van der Waals surface area contributed by atoms with Crippen LogP contribution in [0.15, 0.2) is 16.6 Å². The lowest BCUT2D eigenvalue weighted by Gasteiger charge is -2.33. The Bertz CT molecular complexity index is 538. The highest BCUT2D eigenvalue weighted by atomic mass is 79.9. The molecule has 3 rings (SSSR count). The van der Waals surface area contributed by atoms with Gasteiger partial charge in [-0.2, -0.15) is 5.01 Å². The van der Waals surface area contributed by atoms with Crippen molar-refractivity contribution in [3.05, 3.63) is 33.3 Å². The summed E-state index contributed by atoms with van der Waals surface area (Å²) < 4.78 is 1.01. The van der Waals surface area contributed by atoms with Crippen molar-refractivity contribution in [2.75, 3.05) is 13.1 Å². The van der Waals surface area contributed by atoms with E-state index in [4.69, 9.17) is 0 Å². The quantitative estimate of drug-likeness (QED) is 0.854. The van der Waals surface area contributed by atoms with E-state index in [1.165, 1.54) is 0 Å². The van der Waals surface area contributed by atoms with Gasteiger partial charge in [0.2, 0.25) is 5.91 Å². The van der Waals surface area contributed by atoms with Crippen LogP contribution in [-0.2, 0) is 4.79 Å². The molecule has 2 saturated heterocycles. The van der Waals surface area contributed by atoms with E-state index in [1.54, 1.807) is 5.01 Å². The fourth-order valence-electron chi connectivity index (χ4n) is 3.44. The zero-order valence-electron chi connectivity index (χ0n) is 11.8. The van der Waals surface area contributed by atoms with Gasteiger partial charge in [0.25, 0.3) is 0 Å². The molecule has 0 spiro atoms. The van der Waals surface area contributed by atoms with E-state index in [0.717, 1.165) is 47.1 Å². The number of hydrogen-bond acceptors (Lipinski definition) is 3. The number of carbonyl (C=O) groups excluding carboxylic acids is 1. The van der Waals surface area contributed by atoms with Gasteiger partial charge in [-0.3, -0.25) is 9.80 Å². The molecule has 1 amide bonds. The van der Waals surface area contributed by atoms with E-state index in [2.05, 4.69) is 15.9 Å². The average molecular weight is 339 g/mol. The van der Waals surface area contributed by atoms with Crippen LogP contribution in [0.3, 0.4) is 0 Å². The molecule has 2 atom stereocenters. The molecule has 2 unspecified atom stereocenters. The normalized spacial score (nSPS) is 27.0. The summed E-state index contributed by atoms with van der Waals surface area (Å²) in [5, 5.41) is 14.1. The smallest absolute Gasteiger partial charge is 0.248 e. The number of amides is 1. The maximum Gasteiger partial charge on any atom is 0.248 e. The van der Waals surface area contributed by atoms with Gasteiger partial charge in [0.05, 0.1) is 0 Å². The highest BCUT2D eigenvalue weighted by Crippen LogP contribution is 2.38. The summed E-state index contributed by atoms with van der Waals surface area (Å²) in [5.74, 6) is -0.424. The Morgan fingerprint density at radius 2 is 1.80 bits per heavy atom. The Morgan fingerprint density at radius 3 is 2.40 bits per heavy atom. The van der Waals surface area contributed by atoms with Gasteiger partial charge in [-0.15, -0.1) is 0 Å². The summed E-state index contributed by atoms with van der Waals surface area (Å²) in [6, 6.07) is 4.02. The molecule has 1 N–H and O–H groups in total. The second-order valence-corrected chi connectivity index (χ2v) is 6.59. The molecule has 5 heteroatoms. The summed E-state index contributed by atoms with van der Waals surface area (Å²) in [7, 11) is 0. The minimum atomic E-state index is -0.735. The molecule has 108 valence electrons. The van der Waals surface area contributed by atoms with Crippen LogP contribution in [0.2, 0.25) is 0 Å². The SMILES string of the molecule is Cc1cc(Br)cc(C)c1C1C(=O)N2CCCCN2C1O. The Balaban J connectivity index is 2.04. The Labute approximate surface area is 127 Å². The molecule has 2 aliphatic rings. The Morgan fingerprint density at radius 1 is 1.20 bits per heavy atom. The number of halogens is 1. The van der Waals surface area contributed by atoms with Gasteiger partial charge in [0, 0.05) is 17.6 Å². The maximum atomic E-state index is 12.7. The van der Waals surface area contributed by atoms with Crippen LogP contribution in [0.1, 0.15) is 35.4 Å². The second-order valence-electron chi connectivity index (χ2n) is 5.68. The summed E-state index contributed by atoms with van der Waals surface area (Å²) in [6.07, 6.45) is 1.31. The van der Waals surface area contributed by atoms with E-state index in [9.17, 15) is 9.90 Å². The number of carbonyl (C=O) groups is 1. The van der Waals surface area contributed by atoms with Gasteiger partial charge in [0.15, 0.2) is 0 Å². The number of nitrogens with zero attached hydrogens (tertiary/aromatic N) is 2. The highest BCUT2D eigenvalue weighted by Gasteiger charge is 2.48. The maximum absolute atomic E-state index is 12.7. The van der Waals surface area contributed by atoms with E-state index in [1.807, 2.05) is 31.0 Å². The predicted octanol–water partition coefficient (Wildman–Crippen LogP) is 2.32. The topological polar surface area (TPSA) is 43.8 Å². The number of aliphatic hydroxyl groups is 1. The molecule has 0 bridgehead atoms. The monoisotopic (exact) mass is 338 g/mol. The van der Waals surface area contributed by atoms with Crippen molar-refractivity contribution in [1.29, 1.82) is 0 Å². The lowest BCUT2D eigenvalue weighted by Crippen LogP contribution is -2.46. The van der Waals surface area contributed by atoms with Crippen molar-refractivity contribution >= 4 is 21.8 Å². The molecule has 0 radical (unpaired) electrons. The largest absolute Gasteiger partial charge is 0.375 e. The van der Waals surface area contributed by atoms with Crippen LogP contribution in [0.25, 0.3) is 0 Å². The number of fused-ring (bicyclic) bond motifs is 1. The molecular formula is C15H19BrN2O2. The number of aryl methyl sites for hydroxylation is 2. The Kier molecular flexibility index (Phi) is 3.60. The van der Waals surface area contributed by atoms with Crippen LogP contribution < -0.4 is 0 Å². The number of hydrazine groups is 1. The fraction of sp³-hybridized carbons (Fsp3) is 0.533. The molecule has 2 heterocycles. The first kappa shape index (κ1) is 14.0. The standard InChI is InChI=1S/C15H19BrN2O2/c1-9-7-11(16)8-10(2)12(9)13-14(19)17-5-3-4-6-18(17)15(13)20/h7-8,13-14,19H,3-6H2,1-2H3. The van der Waals surface area contributed by atoms with Gasteiger partial charge in [0.1, 0.15) is 12.1 Å². The molecule has 0 saturated carbocycles. The number of rotatable bonds is 1. The van der Waals surface area contributed by atoms with Crippen LogP contribution in [0, 0.1) is 13.8 Å². The molecule has 4 nitrogen and oxygen atoms in total. The lowest BCUT2D eigenvalue weighted by atomic mass is 9.89. The third kappa shape index (κ3) is 2.08. The molecule has 20 heavy (non-hydrogen) atoms. The lowest BCUT2D eigenvalue weighted by molar-refractivity contribution is -0.148. The summed E-state index contributed by atoms with van der Waals surface area (Å²) >= 11 is 3.48. The first-order valence-corrected chi connectivity index (χ1v) is 7.82. The number of hydrogen-bond donors (Lipinski definition) is 1. The van der Waals surface area contributed by atoms with E-state index < -0.39 is 12.1 Å². The van der Waals surface area contributed by atoms with Crippen LogP contribution in [0.5, 0.6) is 0 Å².